The molecule has 1 amide bonds. The standard InChI is InChI=1S/C17H15Cl2NO3S2/c1-24-16-4-3-12(25(2,22)23)7-13(16)17(21)20-8-10-5-14(18)15(19)6-11(10)9-20/h3-7H,8-9H2,1-2H3. The van der Waals surface area contributed by atoms with Crippen LogP contribution in [0, 0.1) is 0 Å². The van der Waals surface area contributed by atoms with Crippen LogP contribution in [0.4, 0.5) is 0 Å². The highest BCUT2D eigenvalue weighted by Crippen LogP contribution is 2.33. The summed E-state index contributed by atoms with van der Waals surface area (Å²) in [6.07, 6.45) is 2.98. The average molecular weight is 416 g/mol. The zero-order valence-corrected chi connectivity index (χ0v) is 16.7. The number of fused-ring (bicyclic) bond motifs is 1. The van der Waals surface area contributed by atoms with Crippen molar-refractivity contribution in [1.29, 1.82) is 0 Å². The molecule has 0 aliphatic carbocycles. The van der Waals surface area contributed by atoms with Crippen LogP contribution < -0.4 is 0 Å². The van der Waals surface area contributed by atoms with Crippen LogP contribution in [-0.2, 0) is 22.9 Å². The Morgan fingerprint density at radius 1 is 1.08 bits per heavy atom. The molecule has 0 aromatic heterocycles. The number of thioether (sulfide) groups is 1. The third-order valence-electron chi connectivity index (χ3n) is 4.08. The summed E-state index contributed by atoms with van der Waals surface area (Å²) >= 11 is 13.5. The van der Waals surface area contributed by atoms with E-state index in [1.165, 1.54) is 23.9 Å². The Morgan fingerprint density at radius 2 is 1.64 bits per heavy atom. The Morgan fingerprint density at radius 3 is 2.12 bits per heavy atom. The molecule has 4 nitrogen and oxygen atoms in total. The molecule has 0 N–H and O–H groups in total. The van der Waals surface area contributed by atoms with Crippen LogP contribution in [0.2, 0.25) is 10.0 Å². The Hall–Kier alpha value is -1.21. The van der Waals surface area contributed by atoms with Crippen molar-refractivity contribution in [3.8, 4) is 0 Å². The van der Waals surface area contributed by atoms with Gasteiger partial charge in [0.2, 0.25) is 0 Å². The topological polar surface area (TPSA) is 54.5 Å². The van der Waals surface area contributed by atoms with E-state index in [-0.39, 0.29) is 10.8 Å². The van der Waals surface area contributed by atoms with Crippen molar-refractivity contribution < 1.29 is 13.2 Å². The first-order valence-electron chi connectivity index (χ1n) is 7.35. The van der Waals surface area contributed by atoms with Crippen LogP contribution >= 0.6 is 35.0 Å². The molecule has 1 aliphatic heterocycles. The van der Waals surface area contributed by atoms with Crippen LogP contribution in [0.15, 0.2) is 40.1 Å². The molecule has 2 aromatic rings. The van der Waals surface area contributed by atoms with Gasteiger partial charge in [-0.2, -0.15) is 0 Å². The van der Waals surface area contributed by atoms with Crippen molar-refractivity contribution in [2.24, 2.45) is 0 Å². The molecular formula is C17H15Cl2NO3S2. The van der Waals surface area contributed by atoms with Crippen molar-refractivity contribution in [2.45, 2.75) is 22.9 Å². The number of halogens is 2. The van der Waals surface area contributed by atoms with E-state index in [0.717, 1.165) is 22.3 Å². The molecule has 0 saturated carbocycles. The van der Waals surface area contributed by atoms with Gasteiger partial charge in [0, 0.05) is 24.2 Å². The summed E-state index contributed by atoms with van der Waals surface area (Å²) in [5.74, 6) is -0.210. The Kier molecular flexibility index (Phi) is 5.08. The minimum Gasteiger partial charge on any atom is -0.330 e. The van der Waals surface area contributed by atoms with Crippen molar-refractivity contribution in [2.75, 3.05) is 12.5 Å². The first-order chi connectivity index (χ1) is 11.7. The van der Waals surface area contributed by atoms with Crippen LogP contribution in [0.5, 0.6) is 0 Å². The molecule has 0 spiro atoms. The molecule has 25 heavy (non-hydrogen) atoms. The van der Waals surface area contributed by atoms with Crippen molar-refractivity contribution >= 4 is 50.7 Å². The summed E-state index contributed by atoms with van der Waals surface area (Å²) in [5.41, 5.74) is 2.29. The lowest BCUT2D eigenvalue weighted by atomic mass is 10.1. The fraction of sp³-hybridized carbons (Fsp3) is 0.235. The third-order valence-corrected chi connectivity index (χ3v) is 6.71. The summed E-state index contributed by atoms with van der Waals surface area (Å²) in [4.78, 5) is 15.5. The quantitative estimate of drug-likeness (QED) is 0.702. The highest BCUT2D eigenvalue weighted by molar-refractivity contribution is 7.98. The molecule has 1 heterocycles. The van der Waals surface area contributed by atoms with E-state index in [0.29, 0.717) is 28.7 Å². The molecule has 0 saturated heterocycles. The average Bonchev–Trinajstić information content (AvgIpc) is 2.95. The molecule has 8 heteroatoms. The van der Waals surface area contributed by atoms with E-state index in [1.807, 2.05) is 6.26 Å². The van der Waals surface area contributed by atoms with Gasteiger partial charge in [-0.1, -0.05) is 23.2 Å². The Labute approximate surface area is 161 Å². The number of carbonyl (C=O) groups is 1. The van der Waals surface area contributed by atoms with E-state index in [9.17, 15) is 13.2 Å². The van der Waals surface area contributed by atoms with Gasteiger partial charge < -0.3 is 4.90 Å². The molecule has 132 valence electrons. The van der Waals surface area contributed by atoms with Gasteiger partial charge in [0.05, 0.1) is 20.5 Å². The van der Waals surface area contributed by atoms with Gasteiger partial charge in [0.15, 0.2) is 9.84 Å². The number of hydrogen-bond acceptors (Lipinski definition) is 4. The Bertz CT molecular complexity index is 943. The lowest BCUT2D eigenvalue weighted by Crippen LogP contribution is -2.26. The molecule has 0 fully saturated rings. The van der Waals surface area contributed by atoms with E-state index in [1.54, 1.807) is 23.1 Å². The molecule has 0 unspecified atom stereocenters. The van der Waals surface area contributed by atoms with Crippen LogP contribution in [0.1, 0.15) is 21.5 Å². The SMILES string of the molecule is CSc1ccc(S(C)(=O)=O)cc1C(=O)N1Cc2cc(Cl)c(Cl)cc2C1. The summed E-state index contributed by atoms with van der Waals surface area (Å²) < 4.78 is 23.6. The van der Waals surface area contributed by atoms with E-state index < -0.39 is 9.84 Å². The largest absolute Gasteiger partial charge is 0.330 e. The molecular weight excluding hydrogens is 401 g/mol. The van der Waals surface area contributed by atoms with Gasteiger partial charge in [-0.15, -0.1) is 11.8 Å². The van der Waals surface area contributed by atoms with Crippen LogP contribution in [0.25, 0.3) is 0 Å². The monoisotopic (exact) mass is 415 g/mol. The maximum absolute atomic E-state index is 13.0. The predicted molar refractivity (Wildman–Crippen MR) is 101 cm³/mol. The van der Waals surface area contributed by atoms with Gasteiger partial charge >= 0.3 is 0 Å². The van der Waals surface area contributed by atoms with Gasteiger partial charge in [0.1, 0.15) is 0 Å². The molecule has 3 rings (SSSR count). The maximum atomic E-state index is 13.0. The zero-order valence-electron chi connectivity index (χ0n) is 13.5. The van der Waals surface area contributed by atoms with Gasteiger partial charge in [-0.25, -0.2) is 8.42 Å². The van der Waals surface area contributed by atoms with Crippen molar-refractivity contribution in [1.82, 2.24) is 4.90 Å². The minimum absolute atomic E-state index is 0.136. The lowest BCUT2D eigenvalue weighted by molar-refractivity contribution is 0.0747. The minimum atomic E-state index is -3.39. The summed E-state index contributed by atoms with van der Waals surface area (Å²) in [5, 5.41) is 0.914. The summed E-state index contributed by atoms with van der Waals surface area (Å²) in [6, 6.07) is 8.19. The summed E-state index contributed by atoms with van der Waals surface area (Å²) in [6.45, 7) is 0.837. The second-order valence-corrected chi connectivity index (χ2v) is 9.51. The van der Waals surface area contributed by atoms with Gasteiger partial charge in [-0.3, -0.25) is 4.79 Å². The molecule has 0 atom stereocenters. The number of amides is 1. The molecule has 2 aromatic carbocycles. The van der Waals surface area contributed by atoms with Crippen molar-refractivity contribution in [3.63, 3.8) is 0 Å². The van der Waals surface area contributed by atoms with E-state index in [4.69, 9.17) is 23.2 Å². The van der Waals surface area contributed by atoms with Gasteiger partial charge in [0.25, 0.3) is 5.91 Å². The second-order valence-electron chi connectivity index (χ2n) is 5.83. The molecule has 1 aliphatic rings. The van der Waals surface area contributed by atoms with Gasteiger partial charge in [-0.05, 0) is 47.7 Å². The second kappa shape index (κ2) is 6.83. The molecule has 0 bridgehead atoms. The Balaban J connectivity index is 1.97. The highest BCUT2D eigenvalue weighted by Gasteiger charge is 2.27. The van der Waals surface area contributed by atoms with Crippen molar-refractivity contribution in [3.05, 3.63) is 57.1 Å². The fourth-order valence-electron chi connectivity index (χ4n) is 2.79. The number of rotatable bonds is 3. The van der Waals surface area contributed by atoms with Crippen LogP contribution in [-0.4, -0.2) is 31.7 Å². The number of nitrogens with zero attached hydrogens (tertiary/aromatic N) is 1. The van der Waals surface area contributed by atoms with Crippen LogP contribution in [0.3, 0.4) is 0 Å². The maximum Gasteiger partial charge on any atom is 0.255 e. The predicted octanol–water partition coefficient (Wildman–Crippen LogP) is 4.27. The lowest BCUT2D eigenvalue weighted by Gasteiger charge is -2.18. The number of sulfone groups is 1. The number of benzene rings is 2. The third kappa shape index (κ3) is 3.67. The molecule has 0 radical (unpaired) electrons. The first-order valence-corrected chi connectivity index (χ1v) is 11.2. The zero-order chi connectivity index (χ0) is 18.4. The summed E-state index contributed by atoms with van der Waals surface area (Å²) in [7, 11) is -3.39. The number of carbonyl (C=O) groups excluding carboxylic acids is 1. The first kappa shape index (κ1) is 18.6. The van der Waals surface area contributed by atoms with E-state index in [2.05, 4.69) is 0 Å². The van der Waals surface area contributed by atoms with E-state index >= 15 is 0 Å². The smallest absolute Gasteiger partial charge is 0.255 e. The fourth-order valence-corrected chi connectivity index (χ4v) is 4.38. The number of hydrogen-bond donors (Lipinski definition) is 0. The highest BCUT2D eigenvalue weighted by atomic mass is 35.5. The normalized spacial score (nSPS) is 13.8.